The van der Waals surface area contributed by atoms with Crippen LogP contribution in [0, 0.1) is 0 Å². The van der Waals surface area contributed by atoms with Crippen LogP contribution in [-0.2, 0) is 27.8 Å². The number of hydrogen-bond donors (Lipinski definition) is 1. The van der Waals surface area contributed by atoms with E-state index in [1.165, 1.54) is 57.8 Å². The van der Waals surface area contributed by atoms with Gasteiger partial charge in [-0.05, 0) is 25.7 Å². The van der Waals surface area contributed by atoms with Gasteiger partial charge in [0.15, 0.2) is 0 Å². The van der Waals surface area contributed by atoms with E-state index in [0.29, 0.717) is 19.0 Å². The summed E-state index contributed by atoms with van der Waals surface area (Å²) in [6.45, 7) is 5.13. The first kappa shape index (κ1) is 32.9. The molecule has 9 heteroatoms. The Balaban J connectivity index is 2.44. The van der Waals surface area contributed by atoms with E-state index < -0.39 is 26.1 Å². The van der Waals surface area contributed by atoms with E-state index in [1.807, 2.05) is 0 Å². The van der Waals surface area contributed by atoms with Crippen LogP contribution < -0.4 is 0 Å². The molecule has 0 saturated heterocycles. The number of ether oxygens (including phenoxy) is 3. The molecule has 0 aromatic rings. The molecule has 0 aliphatic heterocycles. The minimum Gasteiger partial charge on any atom is -0.387 e. The quantitative estimate of drug-likeness (QED) is 0.0668. The molecule has 0 radical (unpaired) electrons. The first-order valence-electron chi connectivity index (χ1n) is 14.0. The molecule has 0 bridgehead atoms. The number of carbonyl (C=O) groups is 1. The van der Waals surface area contributed by atoms with Crippen molar-refractivity contribution >= 4 is 26.5 Å². The molecular weight excluding hydrogens is 487 g/mol. The molecule has 1 aliphatic rings. The zero-order chi connectivity index (χ0) is 25.6. The Morgan fingerprint density at radius 3 is 2.23 bits per heavy atom. The number of carbonyl (C=O) groups excluding carboxylic acids is 1. The molecule has 208 valence electrons. The fourth-order valence-corrected chi connectivity index (χ4v) is 5.07. The molecule has 1 aliphatic carbocycles. The lowest BCUT2D eigenvalue weighted by molar-refractivity contribution is -0.196. The molecule has 1 N–H and O–H groups in total. The van der Waals surface area contributed by atoms with Gasteiger partial charge in [-0.25, -0.2) is 4.79 Å². The zero-order valence-corrected chi connectivity index (χ0v) is 24.2. The van der Waals surface area contributed by atoms with E-state index in [1.54, 1.807) is 0 Å². The van der Waals surface area contributed by atoms with Gasteiger partial charge in [0.05, 0.1) is 31.4 Å². The van der Waals surface area contributed by atoms with E-state index in [-0.39, 0.29) is 12.7 Å². The normalized spacial score (nSPS) is 17.6. The third-order valence-electron chi connectivity index (χ3n) is 6.33. The lowest BCUT2D eigenvalue weighted by Crippen LogP contribution is -2.40. The summed E-state index contributed by atoms with van der Waals surface area (Å²) >= 11 is 0.963. The van der Waals surface area contributed by atoms with Crippen molar-refractivity contribution in [2.45, 2.75) is 134 Å². The molecule has 0 aromatic heterocycles. The van der Waals surface area contributed by atoms with E-state index in [4.69, 9.17) is 18.4 Å². The summed E-state index contributed by atoms with van der Waals surface area (Å²) in [5, 5.41) is 10.5. The maximum absolute atomic E-state index is 12.3. The van der Waals surface area contributed by atoms with E-state index >= 15 is 0 Å². The summed E-state index contributed by atoms with van der Waals surface area (Å²) in [5.74, 6) is -0.386. The van der Waals surface area contributed by atoms with Crippen molar-refractivity contribution < 1.29 is 32.9 Å². The molecule has 3 unspecified atom stereocenters. The predicted octanol–water partition coefficient (Wildman–Crippen LogP) is 6.66. The lowest BCUT2D eigenvalue weighted by atomic mass is 9.98. The van der Waals surface area contributed by atoms with Crippen molar-refractivity contribution in [2.24, 2.45) is 0 Å². The van der Waals surface area contributed by atoms with Gasteiger partial charge in [0, 0.05) is 12.4 Å². The number of rotatable bonds is 23. The minimum absolute atomic E-state index is 0.0783. The summed E-state index contributed by atoms with van der Waals surface area (Å²) in [6.07, 6.45) is 18.2. The van der Waals surface area contributed by atoms with E-state index in [2.05, 4.69) is 13.8 Å². The van der Waals surface area contributed by atoms with Gasteiger partial charge in [-0.3, -0.25) is 0 Å². The highest BCUT2D eigenvalue weighted by molar-refractivity contribution is 7.95. The third kappa shape index (κ3) is 16.4. The van der Waals surface area contributed by atoms with Crippen molar-refractivity contribution in [2.75, 3.05) is 25.6 Å². The molecular formula is C26H51O7PS. The Kier molecular flexibility index (Phi) is 20.6. The van der Waals surface area contributed by atoms with Gasteiger partial charge >= 0.3 is 11.5 Å². The number of unbranched alkanes of at least 4 members (excludes halogenated alkanes) is 9. The lowest BCUT2D eigenvalue weighted by Gasteiger charge is -2.27. The number of hydrogen-bond acceptors (Lipinski definition) is 8. The van der Waals surface area contributed by atoms with Crippen LogP contribution in [0.2, 0.25) is 0 Å². The van der Waals surface area contributed by atoms with E-state index in [9.17, 15) is 14.5 Å². The SMILES string of the molecule is CCCCCCCCCCOC(COC1CCCCC1)COC(O)([PH2]=O)C(=O)OSCCCCC. The third-order valence-corrected chi connectivity index (χ3v) is 7.78. The monoisotopic (exact) mass is 538 g/mol. The van der Waals surface area contributed by atoms with Crippen LogP contribution in [0.4, 0.5) is 0 Å². The molecule has 35 heavy (non-hydrogen) atoms. The topological polar surface area (TPSA) is 91.3 Å². The Morgan fingerprint density at radius 1 is 0.943 bits per heavy atom. The smallest absolute Gasteiger partial charge is 0.386 e. The average molecular weight is 539 g/mol. The second-order valence-corrected chi connectivity index (χ2v) is 11.4. The summed E-state index contributed by atoms with van der Waals surface area (Å²) in [4.78, 5) is 12.3. The summed E-state index contributed by atoms with van der Waals surface area (Å²) in [5.41, 5.74) is -2.43. The first-order chi connectivity index (χ1) is 17.1. The second-order valence-electron chi connectivity index (χ2n) is 9.59. The van der Waals surface area contributed by atoms with E-state index in [0.717, 1.165) is 57.0 Å². The highest BCUT2D eigenvalue weighted by Gasteiger charge is 2.39. The predicted molar refractivity (Wildman–Crippen MR) is 145 cm³/mol. The van der Waals surface area contributed by atoms with Crippen LogP contribution in [0.15, 0.2) is 0 Å². The maximum atomic E-state index is 12.3. The molecule has 0 amide bonds. The number of aliphatic hydroxyl groups is 1. The fourth-order valence-electron chi connectivity index (χ4n) is 4.03. The van der Waals surface area contributed by atoms with Crippen LogP contribution in [0.25, 0.3) is 0 Å². The van der Waals surface area contributed by atoms with Gasteiger partial charge in [0.1, 0.15) is 14.6 Å². The Bertz CT molecular complexity index is 534. The highest BCUT2D eigenvalue weighted by Crippen LogP contribution is 2.27. The molecule has 3 atom stereocenters. The maximum Gasteiger partial charge on any atom is 0.386 e. The summed E-state index contributed by atoms with van der Waals surface area (Å²) < 4.78 is 34.3. The molecule has 0 spiro atoms. The standard InChI is InChI=1S/C26H51O7PS/c1-3-5-7-8-9-10-11-15-19-30-24(21-31-23-17-13-12-14-18-23)22-32-26(28,34-29)25(27)33-35-20-16-6-4-2/h23-24,28H,3-22,34H2,1-2H3. The minimum atomic E-state index is -2.43. The van der Waals surface area contributed by atoms with Gasteiger partial charge < -0.3 is 28.1 Å². The molecule has 1 rings (SSSR count). The van der Waals surface area contributed by atoms with Crippen LogP contribution in [0.3, 0.4) is 0 Å². The van der Waals surface area contributed by atoms with Crippen molar-refractivity contribution in [1.82, 2.24) is 0 Å². The summed E-state index contributed by atoms with van der Waals surface area (Å²) in [7, 11) is -1.94. The highest BCUT2D eigenvalue weighted by atomic mass is 32.2. The van der Waals surface area contributed by atoms with Gasteiger partial charge in [-0.2, -0.15) is 0 Å². The van der Waals surface area contributed by atoms with Gasteiger partial charge in [0.2, 0.25) is 0 Å². The Morgan fingerprint density at radius 2 is 1.57 bits per heavy atom. The van der Waals surface area contributed by atoms with Gasteiger partial charge in [0.25, 0.3) is 0 Å². The van der Waals surface area contributed by atoms with Crippen molar-refractivity contribution in [3.63, 3.8) is 0 Å². The van der Waals surface area contributed by atoms with Crippen LogP contribution in [-0.4, -0.2) is 54.4 Å². The molecule has 0 heterocycles. The molecule has 1 saturated carbocycles. The molecule has 7 nitrogen and oxygen atoms in total. The Labute approximate surface area is 219 Å². The van der Waals surface area contributed by atoms with Crippen molar-refractivity contribution in [1.29, 1.82) is 0 Å². The Hall–Kier alpha value is -0.110. The zero-order valence-electron chi connectivity index (χ0n) is 22.2. The van der Waals surface area contributed by atoms with Gasteiger partial charge in [-0.15, -0.1) is 0 Å². The van der Waals surface area contributed by atoms with Crippen LogP contribution in [0.1, 0.15) is 117 Å². The van der Waals surface area contributed by atoms with Crippen LogP contribution >= 0.6 is 20.5 Å². The first-order valence-corrected chi connectivity index (χ1v) is 15.9. The van der Waals surface area contributed by atoms with Crippen molar-refractivity contribution in [3.8, 4) is 0 Å². The average Bonchev–Trinajstić information content (AvgIpc) is 2.88. The van der Waals surface area contributed by atoms with Gasteiger partial charge in [-0.1, -0.05) is 90.9 Å². The fraction of sp³-hybridized carbons (Fsp3) is 0.962. The molecule has 0 aromatic carbocycles. The second kappa shape index (κ2) is 21.9. The van der Waals surface area contributed by atoms with Crippen molar-refractivity contribution in [3.05, 3.63) is 0 Å². The summed E-state index contributed by atoms with van der Waals surface area (Å²) in [6, 6.07) is 0. The largest absolute Gasteiger partial charge is 0.387 e. The van der Waals surface area contributed by atoms with Crippen LogP contribution in [0.5, 0.6) is 0 Å². The molecule has 1 fully saturated rings.